The Morgan fingerprint density at radius 3 is 2.67 bits per heavy atom. The van der Waals surface area contributed by atoms with Crippen LogP contribution in [-0.2, 0) is 0 Å². The SMILES string of the molecule is NC(=O)c1ccc(N2CCNCC2)cc1-c1nc(-c2ccccc2Cl)cs1. The van der Waals surface area contributed by atoms with E-state index in [1.165, 1.54) is 11.3 Å². The van der Waals surface area contributed by atoms with E-state index in [-0.39, 0.29) is 0 Å². The quantitative estimate of drug-likeness (QED) is 0.703. The number of rotatable bonds is 4. The van der Waals surface area contributed by atoms with Crippen molar-refractivity contribution in [1.29, 1.82) is 0 Å². The maximum absolute atomic E-state index is 12.0. The summed E-state index contributed by atoms with van der Waals surface area (Å²) in [5.74, 6) is -0.452. The van der Waals surface area contributed by atoms with Gasteiger partial charge in [0.2, 0.25) is 5.91 Å². The molecule has 0 saturated carbocycles. The van der Waals surface area contributed by atoms with Crippen molar-refractivity contribution in [3.05, 3.63) is 58.4 Å². The number of hydrogen-bond donors (Lipinski definition) is 2. The summed E-state index contributed by atoms with van der Waals surface area (Å²) in [6, 6.07) is 13.4. The van der Waals surface area contributed by atoms with Gasteiger partial charge in [0.05, 0.1) is 5.69 Å². The predicted octanol–water partition coefficient (Wildman–Crippen LogP) is 3.64. The Labute approximate surface area is 166 Å². The van der Waals surface area contributed by atoms with Gasteiger partial charge in [0.15, 0.2) is 0 Å². The molecule has 1 amide bonds. The number of nitrogens with two attached hydrogens (primary N) is 1. The number of piperazine rings is 1. The van der Waals surface area contributed by atoms with Crippen molar-refractivity contribution < 1.29 is 4.79 Å². The molecule has 5 nitrogen and oxygen atoms in total. The van der Waals surface area contributed by atoms with E-state index in [1.54, 1.807) is 6.07 Å². The second kappa shape index (κ2) is 7.68. The Hall–Kier alpha value is -2.41. The zero-order chi connectivity index (χ0) is 18.8. The maximum atomic E-state index is 12.0. The van der Waals surface area contributed by atoms with Crippen molar-refractivity contribution in [1.82, 2.24) is 10.3 Å². The van der Waals surface area contributed by atoms with Crippen molar-refractivity contribution in [2.45, 2.75) is 0 Å². The van der Waals surface area contributed by atoms with Crippen molar-refractivity contribution in [2.24, 2.45) is 5.73 Å². The molecule has 1 saturated heterocycles. The Bertz CT molecular complexity index is 982. The highest BCUT2D eigenvalue weighted by molar-refractivity contribution is 7.13. The summed E-state index contributed by atoms with van der Waals surface area (Å²) in [4.78, 5) is 19.0. The minimum Gasteiger partial charge on any atom is -0.369 e. The van der Waals surface area contributed by atoms with Gasteiger partial charge in [-0.15, -0.1) is 11.3 Å². The fraction of sp³-hybridized carbons (Fsp3) is 0.200. The zero-order valence-electron chi connectivity index (χ0n) is 14.6. The molecule has 2 aromatic carbocycles. The maximum Gasteiger partial charge on any atom is 0.249 e. The summed E-state index contributed by atoms with van der Waals surface area (Å²) >= 11 is 7.79. The molecular weight excluding hydrogens is 380 g/mol. The number of carbonyl (C=O) groups excluding carboxylic acids is 1. The highest BCUT2D eigenvalue weighted by Crippen LogP contribution is 2.35. The first-order valence-electron chi connectivity index (χ1n) is 8.74. The highest BCUT2D eigenvalue weighted by atomic mass is 35.5. The minimum atomic E-state index is -0.452. The van der Waals surface area contributed by atoms with Crippen LogP contribution in [0.25, 0.3) is 21.8 Å². The van der Waals surface area contributed by atoms with Crippen molar-refractivity contribution in [3.63, 3.8) is 0 Å². The number of benzene rings is 2. The minimum absolute atomic E-state index is 0.452. The van der Waals surface area contributed by atoms with E-state index < -0.39 is 5.91 Å². The van der Waals surface area contributed by atoms with Crippen LogP contribution in [0.1, 0.15) is 10.4 Å². The lowest BCUT2D eigenvalue weighted by Gasteiger charge is -2.30. The Morgan fingerprint density at radius 2 is 1.93 bits per heavy atom. The summed E-state index contributed by atoms with van der Waals surface area (Å²) in [5, 5.41) is 6.72. The molecule has 0 unspecified atom stereocenters. The smallest absolute Gasteiger partial charge is 0.249 e. The van der Waals surface area contributed by atoms with Gasteiger partial charge in [0.1, 0.15) is 5.01 Å². The summed E-state index contributed by atoms with van der Waals surface area (Å²) in [6.07, 6.45) is 0. The van der Waals surface area contributed by atoms with Gasteiger partial charge in [-0.2, -0.15) is 0 Å². The Morgan fingerprint density at radius 1 is 1.15 bits per heavy atom. The fourth-order valence-corrected chi connectivity index (χ4v) is 4.32. The van der Waals surface area contributed by atoms with Gasteiger partial charge in [-0.3, -0.25) is 4.79 Å². The molecule has 2 heterocycles. The number of thiazole rings is 1. The lowest BCUT2D eigenvalue weighted by Crippen LogP contribution is -2.43. The molecule has 0 atom stereocenters. The van der Waals surface area contributed by atoms with Crippen molar-refractivity contribution >= 4 is 34.5 Å². The van der Waals surface area contributed by atoms with Gasteiger partial charge in [-0.05, 0) is 24.3 Å². The molecule has 0 spiro atoms. The summed E-state index contributed by atoms with van der Waals surface area (Å²) in [7, 11) is 0. The van der Waals surface area contributed by atoms with E-state index in [1.807, 2.05) is 41.8 Å². The number of amides is 1. The Balaban J connectivity index is 1.75. The monoisotopic (exact) mass is 398 g/mol. The van der Waals surface area contributed by atoms with Crippen molar-refractivity contribution in [3.8, 4) is 21.8 Å². The predicted molar refractivity (Wildman–Crippen MR) is 112 cm³/mol. The lowest BCUT2D eigenvalue weighted by atomic mass is 10.1. The molecule has 7 heteroatoms. The second-order valence-electron chi connectivity index (χ2n) is 6.35. The van der Waals surface area contributed by atoms with Gasteiger partial charge in [0, 0.05) is 59.0 Å². The molecule has 0 bridgehead atoms. The highest BCUT2D eigenvalue weighted by Gasteiger charge is 2.18. The average molecular weight is 399 g/mol. The lowest BCUT2D eigenvalue weighted by molar-refractivity contribution is 0.100. The molecule has 27 heavy (non-hydrogen) atoms. The number of anilines is 1. The van der Waals surface area contributed by atoms with Crippen LogP contribution in [0.15, 0.2) is 47.8 Å². The molecule has 3 N–H and O–H groups in total. The number of carbonyl (C=O) groups is 1. The number of halogens is 1. The number of nitrogens with zero attached hydrogens (tertiary/aromatic N) is 2. The van der Waals surface area contributed by atoms with E-state index >= 15 is 0 Å². The van der Waals surface area contributed by atoms with E-state index in [4.69, 9.17) is 22.3 Å². The van der Waals surface area contributed by atoms with Crippen molar-refractivity contribution in [2.75, 3.05) is 31.1 Å². The molecular formula is C20H19ClN4OS. The summed E-state index contributed by atoms with van der Waals surface area (Å²) in [6.45, 7) is 3.75. The summed E-state index contributed by atoms with van der Waals surface area (Å²) in [5.41, 5.74) is 9.61. The van der Waals surface area contributed by atoms with Crippen LogP contribution in [0.5, 0.6) is 0 Å². The van der Waals surface area contributed by atoms with Gasteiger partial charge in [-0.25, -0.2) is 4.98 Å². The third-order valence-electron chi connectivity index (χ3n) is 4.64. The van der Waals surface area contributed by atoms with Crippen LogP contribution in [0.4, 0.5) is 5.69 Å². The molecule has 1 aromatic heterocycles. The largest absolute Gasteiger partial charge is 0.369 e. The first-order chi connectivity index (χ1) is 13.1. The first kappa shape index (κ1) is 18.0. The van der Waals surface area contributed by atoms with Crippen LogP contribution >= 0.6 is 22.9 Å². The van der Waals surface area contributed by atoms with E-state index in [0.717, 1.165) is 53.7 Å². The molecule has 4 rings (SSSR count). The molecule has 3 aromatic rings. The topological polar surface area (TPSA) is 71.2 Å². The Kier molecular flexibility index (Phi) is 5.11. The molecule has 0 aliphatic carbocycles. The van der Waals surface area contributed by atoms with Crippen LogP contribution < -0.4 is 16.0 Å². The summed E-state index contributed by atoms with van der Waals surface area (Å²) < 4.78 is 0. The molecule has 138 valence electrons. The third-order valence-corrected chi connectivity index (χ3v) is 5.84. The second-order valence-corrected chi connectivity index (χ2v) is 7.61. The molecule has 0 radical (unpaired) electrons. The van der Waals surface area contributed by atoms with E-state index in [2.05, 4.69) is 10.2 Å². The zero-order valence-corrected chi connectivity index (χ0v) is 16.2. The molecule has 1 aliphatic heterocycles. The number of primary amides is 1. The van der Waals surface area contributed by atoms with Gasteiger partial charge in [0.25, 0.3) is 0 Å². The average Bonchev–Trinajstić information content (AvgIpc) is 3.18. The third kappa shape index (κ3) is 3.69. The van der Waals surface area contributed by atoms with Gasteiger partial charge in [-0.1, -0.05) is 29.8 Å². The first-order valence-corrected chi connectivity index (χ1v) is 9.99. The van der Waals surface area contributed by atoms with Gasteiger partial charge < -0.3 is 16.0 Å². The van der Waals surface area contributed by atoms with Gasteiger partial charge >= 0.3 is 0 Å². The van der Waals surface area contributed by atoms with Crippen LogP contribution in [0, 0.1) is 0 Å². The van der Waals surface area contributed by atoms with Crippen LogP contribution in [0.2, 0.25) is 5.02 Å². The standard InChI is InChI=1S/C20H19ClN4OS/c21-17-4-2-1-3-15(17)18-12-27-20(24-18)16-11-13(5-6-14(16)19(22)26)25-9-7-23-8-10-25/h1-6,11-12,23H,7-10H2,(H2,22,26). The van der Waals surface area contributed by atoms with Crippen LogP contribution in [0.3, 0.4) is 0 Å². The number of aromatic nitrogens is 1. The normalized spacial score (nSPS) is 14.3. The molecule has 1 fully saturated rings. The van der Waals surface area contributed by atoms with Crippen LogP contribution in [-0.4, -0.2) is 37.1 Å². The number of nitrogens with one attached hydrogen (secondary N) is 1. The molecule has 1 aliphatic rings. The fourth-order valence-electron chi connectivity index (χ4n) is 3.23. The van der Waals surface area contributed by atoms with E-state index in [0.29, 0.717) is 10.6 Å². The van der Waals surface area contributed by atoms with E-state index in [9.17, 15) is 4.79 Å². The number of hydrogen-bond acceptors (Lipinski definition) is 5.